The maximum Gasteiger partial charge on any atom is 0.255 e. The number of halogens is 3. The lowest BCUT2D eigenvalue weighted by Gasteiger charge is -2.09. The molecule has 0 bridgehead atoms. The van der Waals surface area contributed by atoms with Gasteiger partial charge < -0.3 is 11.1 Å². The monoisotopic (exact) mass is 228 g/mol. The van der Waals surface area contributed by atoms with Crippen molar-refractivity contribution in [1.29, 1.82) is 0 Å². The van der Waals surface area contributed by atoms with Gasteiger partial charge in [0, 0.05) is 12.0 Å². The van der Waals surface area contributed by atoms with Crippen LogP contribution < -0.4 is 11.1 Å². The van der Waals surface area contributed by atoms with Crippen molar-refractivity contribution in [3.8, 4) is 0 Å². The molecule has 0 saturated heterocycles. The van der Waals surface area contributed by atoms with Gasteiger partial charge in [0.1, 0.15) is 0 Å². The number of nitrogens with two attached hydrogens (primary N) is 1. The fourth-order valence-electron chi connectivity index (χ4n) is 1.58. The minimum atomic E-state index is -2.47. The third-order valence-corrected chi connectivity index (χ3v) is 2.27. The molecule has 1 saturated carbocycles. The number of carbonyl (C=O) groups excluding carboxylic acids is 1. The molecule has 0 aromatic rings. The first-order chi connectivity index (χ1) is 6.09. The van der Waals surface area contributed by atoms with Crippen molar-refractivity contribution >= 4 is 18.3 Å². The topological polar surface area (TPSA) is 55.1 Å². The van der Waals surface area contributed by atoms with E-state index >= 15 is 0 Å². The van der Waals surface area contributed by atoms with E-state index in [0.29, 0.717) is 6.42 Å². The molecule has 2 atom stereocenters. The summed E-state index contributed by atoms with van der Waals surface area (Å²) in [6.45, 7) is -0.551. The van der Waals surface area contributed by atoms with Gasteiger partial charge >= 0.3 is 0 Å². The van der Waals surface area contributed by atoms with Crippen molar-refractivity contribution in [3.63, 3.8) is 0 Å². The molecule has 1 amide bonds. The van der Waals surface area contributed by atoms with Gasteiger partial charge in [-0.1, -0.05) is 0 Å². The molecule has 3 N–H and O–H groups in total. The van der Waals surface area contributed by atoms with Gasteiger partial charge in [-0.25, -0.2) is 8.78 Å². The molecule has 0 spiro atoms. The van der Waals surface area contributed by atoms with Crippen molar-refractivity contribution in [2.45, 2.75) is 31.7 Å². The molecule has 0 aliphatic heterocycles. The molecular weight excluding hydrogens is 214 g/mol. The quantitative estimate of drug-likeness (QED) is 0.755. The summed E-state index contributed by atoms with van der Waals surface area (Å²) in [6, 6.07) is 0.0577. The van der Waals surface area contributed by atoms with Gasteiger partial charge in [0.05, 0.1) is 6.54 Å². The second-order valence-corrected chi connectivity index (χ2v) is 3.41. The molecule has 1 rings (SSSR count). The summed E-state index contributed by atoms with van der Waals surface area (Å²) >= 11 is 0. The molecule has 0 heterocycles. The smallest absolute Gasteiger partial charge is 0.255 e. The molecule has 0 radical (unpaired) electrons. The van der Waals surface area contributed by atoms with E-state index in [9.17, 15) is 13.6 Å². The largest absolute Gasteiger partial charge is 0.350 e. The first-order valence-corrected chi connectivity index (χ1v) is 4.41. The molecule has 0 aromatic carbocycles. The molecule has 14 heavy (non-hydrogen) atoms. The van der Waals surface area contributed by atoms with E-state index in [1.165, 1.54) is 0 Å². The van der Waals surface area contributed by atoms with Crippen LogP contribution in [0.4, 0.5) is 8.78 Å². The summed E-state index contributed by atoms with van der Waals surface area (Å²) < 4.78 is 23.4. The Balaban J connectivity index is 0.00000169. The van der Waals surface area contributed by atoms with Crippen molar-refractivity contribution in [2.24, 2.45) is 11.7 Å². The van der Waals surface area contributed by atoms with Gasteiger partial charge in [-0.3, -0.25) is 4.79 Å². The van der Waals surface area contributed by atoms with Crippen molar-refractivity contribution in [1.82, 2.24) is 5.32 Å². The Hall–Kier alpha value is -0.420. The molecule has 3 nitrogen and oxygen atoms in total. The Morgan fingerprint density at radius 2 is 2.14 bits per heavy atom. The van der Waals surface area contributed by atoms with E-state index in [1.807, 2.05) is 0 Å². The van der Waals surface area contributed by atoms with E-state index in [0.717, 1.165) is 12.8 Å². The van der Waals surface area contributed by atoms with Crippen LogP contribution in [0.5, 0.6) is 0 Å². The van der Waals surface area contributed by atoms with Gasteiger partial charge in [0.15, 0.2) is 0 Å². The van der Waals surface area contributed by atoms with Crippen LogP contribution in [-0.4, -0.2) is 24.9 Å². The zero-order chi connectivity index (χ0) is 9.84. The van der Waals surface area contributed by atoms with Crippen LogP contribution >= 0.6 is 12.4 Å². The van der Waals surface area contributed by atoms with Crippen LogP contribution in [0.2, 0.25) is 0 Å². The van der Waals surface area contributed by atoms with Crippen LogP contribution in [-0.2, 0) is 4.79 Å². The number of hydrogen-bond acceptors (Lipinski definition) is 2. The summed E-state index contributed by atoms with van der Waals surface area (Å²) in [7, 11) is 0. The van der Waals surface area contributed by atoms with E-state index in [1.54, 1.807) is 0 Å². The number of amides is 1. The summed E-state index contributed by atoms with van der Waals surface area (Å²) in [6.07, 6.45) is -0.322. The normalized spacial score (nSPS) is 26.0. The molecule has 84 valence electrons. The van der Waals surface area contributed by atoms with Crippen LogP contribution in [0.15, 0.2) is 0 Å². The second kappa shape index (κ2) is 6.14. The number of nitrogens with one attached hydrogen (secondary N) is 1. The summed E-state index contributed by atoms with van der Waals surface area (Å²) in [5, 5.41) is 2.20. The number of rotatable bonds is 3. The average molecular weight is 229 g/mol. The summed E-state index contributed by atoms with van der Waals surface area (Å²) in [4.78, 5) is 11.2. The fraction of sp³-hybridized carbons (Fsp3) is 0.875. The third-order valence-electron chi connectivity index (χ3n) is 2.27. The average Bonchev–Trinajstić information content (AvgIpc) is 2.47. The number of carbonyl (C=O) groups is 1. The lowest BCUT2D eigenvalue weighted by molar-refractivity contribution is -0.125. The minimum absolute atomic E-state index is 0. The Morgan fingerprint density at radius 1 is 1.50 bits per heavy atom. The minimum Gasteiger partial charge on any atom is -0.350 e. The maximum absolute atomic E-state index is 11.7. The van der Waals surface area contributed by atoms with Crippen molar-refractivity contribution in [2.75, 3.05) is 6.54 Å². The van der Waals surface area contributed by atoms with Gasteiger partial charge in [-0.2, -0.15) is 0 Å². The van der Waals surface area contributed by atoms with Crippen LogP contribution in [0.3, 0.4) is 0 Å². The first kappa shape index (κ1) is 13.6. The first-order valence-electron chi connectivity index (χ1n) is 4.41. The Kier molecular flexibility index (Phi) is 5.95. The SMILES string of the molecule is Cl.N[C@H]1CC[C@@H](C(=O)NCC(F)F)C1. The molecule has 1 aliphatic rings. The molecule has 6 heteroatoms. The number of hydrogen-bond donors (Lipinski definition) is 2. The Labute approximate surface area is 87.8 Å². The third kappa shape index (κ3) is 4.19. The van der Waals surface area contributed by atoms with Crippen molar-refractivity contribution in [3.05, 3.63) is 0 Å². The van der Waals surface area contributed by atoms with Gasteiger partial charge in [0.2, 0.25) is 5.91 Å². The maximum atomic E-state index is 11.7. The molecular formula is C8H15ClF2N2O. The molecule has 0 unspecified atom stereocenters. The van der Waals surface area contributed by atoms with E-state index in [4.69, 9.17) is 5.73 Å². The fourth-order valence-corrected chi connectivity index (χ4v) is 1.58. The van der Waals surface area contributed by atoms with Crippen LogP contribution in [0.25, 0.3) is 0 Å². The molecule has 1 aliphatic carbocycles. The molecule has 1 fully saturated rings. The zero-order valence-corrected chi connectivity index (χ0v) is 8.53. The van der Waals surface area contributed by atoms with Gasteiger partial charge in [0.25, 0.3) is 6.43 Å². The standard InChI is InChI=1S/C8H14F2N2O.ClH/c9-7(10)4-12-8(13)5-1-2-6(11)3-5;/h5-7H,1-4,11H2,(H,12,13);1H/t5-,6+;/m1./s1. The molecule has 0 aromatic heterocycles. The number of alkyl halides is 2. The highest BCUT2D eigenvalue weighted by Crippen LogP contribution is 2.23. The van der Waals surface area contributed by atoms with E-state index < -0.39 is 13.0 Å². The highest BCUT2D eigenvalue weighted by molar-refractivity contribution is 5.85. The highest BCUT2D eigenvalue weighted by Gasteiger charge is 2.27. The zero-order valence-electron chi connectivity index (χ0n) is 7.71. The summed E-state index contributed by atoms with van der Waals surface area (Å²) in [5.74, 6) is -0.443. The van der Waals surface area contributed by atoms with Crippen LogP contribution in [0.1, 0.15) is 19.3 Å². The van der Waals surface area contributed by atoms with Crippen LogP contribution in [0, 0.1) is 5.92 Å². The predicted molar refractivity (Wildman–Crippen MR) is 51.6 cm³/mol. The van der Waals surface area contributed by atoms with Gasteiger partial charge in [-0.05, 0) is 19.3 Å². The lowest BCUT2D eigenvalue weighted by Crippen LogP contribution is -2.33. The second-order valence-electron chi connectivity index (χ2n) is 3.41. The van der Waals surface area contributed by atoms with E-state index in [-0.39, 0.29) is 30.3 Å². The summed E-state index contributed by atoms with van der Waals surface area (Å²) in [5.41, 5.74) is 5.59. The van der Waals surface area contributed by atoms with Gasteiger partial charge in [-0.15, -0.1) is 12.4 Å². The lowest BCUT2D eigenvalue weighted by atomic mass is 10.1. The predicted octanol–water partition coefficient (Wildman–Crippen LogP) is 0.917. The van der Waals surface area contributed by atoms with E-state index in [2.05, 4.69) is 5.32 Å². The Bertz CT molecular complexity index is 192. The van der Waals surface area contributed by atoms with Crippen molar-refractivity contribution < 1.29 is 13.6 Å². The Morgan fingerprint density at radius 3 is 2.57 bits per heavy atom. The highest BCUT2D eigenvalue weighted by atomic mass is 35.5.